The third kappa shape index (κ3) is 3.19. The monoisotopic (exact) mass is 260 g/mol. The van der Waals surface area contributed by atoms with Gasteiger partial charge < -0.3 is 0 Å². The average molecular weight is 260 g/mol. The number of halogens is 1. The summed E-state index contributed by atoms with van der Waals surface area (Å²) in [4.78, 5) is 25.7. The maximum absolute atomic E-state index is 12.7. The SMILES string of the molecule is O=C(Cc1ccc(F)cc1)c1cc([N+](=O)[O-])ccn1. The Morgan fingerprint density at radius 2 is 1.95 bits per heavy atom. The van der Waals surface area contributed by atoms with Crippen LogP contribution in [-0.2, 0) is 6.42 Å². The predicted molar refractivity (Wildman–Crippen MR) is 65.3 cm³/mol. The van der Waals surface area contributed by atoms with Crippen LogP contribution in [0.25, 0.3) is 0 Å². The summed E-state index contributed by atoms with van der Waals surface area (Å²) in [7, 11) is 0. The fourth-order valence-corrected chi connectivity index (χ4v) is 1.56. The summed E-state index contributed by atoms with van der Waals surface area (Å²) in [6, 6.07) is 7.84. The zero-order valence-corrected chi connectivity index (χ0v) is 9.75. The molecular weight excluding hydrogens is 251 g/mol. The lowest BCUT2D eigenvalue weighted by molar-refractivity contribution is -0.385. The quantitative estimate of drug-likeness (QED) is 0.481. The molecule has 19 heavy (non-hydrogen) atoms. The smallest absolute Gasteiger partial charge is 0.273 e. The Balaban J connectivity index is 2.18. The van der Waals surface area contributed by atoms with Crippen LogP contribution in [0.3, 0.4) is 0 Å². The van der Waals surface area contributed by atoms with Crippen LogP contribution in [0, 0.1) is 15.9 Å². The van der Waals surface area contributed by atoms with Gasteiger partial charge in [-0.05, 0) is 17.7 Å². The molecule has 5 nitrogen and oxygen atoms in total. The fourth-order valence-electron chi connectivity index (χ4n) is 1.56. The molecule has 96 valence electrons. The zero-order chi connectivity index (χ0) is 13.8. The second kappa shape index (κ2) is 5.34. The van der Waals surface area contributed by atoms with Crippen molar-refractivity contribution in [2.75, 3.05) is 0 Å². The zero-order valence-electron chi connectivity index (χ0n) is 9.75. The normalized spacial score (nSPS) is 10.2. The van der Waals surface area contributed by atoms with Crippen molar-refractivity contribution >= 4 is 11.5 Å². The highest BCUT2D eigenvalue weighted by Gasteiger charge is 2.13. The molecule has 0 unspecified atom stereocenters. The van der Waals surface area contributed by atoms with Gasteiger partial charge in [-0.3, -0.25) is 19.9 Å². The second-order valence-corrected chi connectivity index (χ2v) is 3.88. The maximum atomic E-state index is 12.7. The van der Waals surface area contributed by atoms with E-state index in [1.165, 1.54) is 36.5 Å². The van der Waals surface area contributed by atoms with E-state index in [0.717, 1.165) is 6.07 Å². The molecule has 0 fully saturated rings. The third-order valence-electron chi connectivity index (χ3n) is 2.52. The van der Waals surface area contributed by atoms with Crippen LogP contribution in [0.1, 0.15) is 16.1 Å². The number of nitro groups is 1. The largest absolute Gasteiger partial charge is 0.292 e. The molecule has 0 amide bonds. The third-order valence-corrected chi connectivity index (χ3v) is 2.52. The van der Waals surface area contributed by atoms with Crippen LogP contribution in [0.5, 0.6) is 0 Å². The number of pyridine rings is 1. The van der Waals surface area contributed by atoms with Gasteiger partial charge in [0.2, 0.25) is 0 Å². The first-order chi connectivity index (χ1) is 9.06. The number of hydrogen-bond acceptors (Lipinski definition) is 4. The van der Waals surface area contributed by atoms with Crippen LogP contribution >= 0.6 is 0 Å². The molecule has 0 atom stereocenters. The van der Waals surface area contributed by atoms with E-state index in [1.54, 1.807) is 0 Å². The lowest BCUT2D eigenvalue weighted by atomic mass is 10.1. The van der Waals surface area contributed by atoms with E-state index in [9.17, 15) is 19.3 Å². The summed E-state index contributed by atoms with van der Waals surface area (Å²) in [5.74, 6) is -0.736. The average Bonchev–Trinajstić information content (AvgIpc) is 2.41. The lowest BCUT2D eigenvalue weighted by Gasteiger charge is -2.01. The van der Waals surface area contributed by atoms with E-state index < -0.39 is 4.92 Å². The Bertz CT molecular complexity index is 626. The van der Waals surface area contributed by atoms with Gasteiger partial charge in [0, 0.05) is 24.8 Å². The summed E-state index contributed by atoms with van der Waals surface area (Å²) >= 11 is 0. The van der Waals surface area contributed by atoms with Crippen molar-refractivity contribution < 1.29 is 14.1 Å². The molecule has 0 radical (unpaired) electrons. The minimum absolute atomic E-state index is 0.0223. The van der Waals surface area contributed by atoms with Crippen LogP contribution in [0.2, 0.25) is 0 Å². The van der Waals surface area contributed by atoms with Crippen molar-refractivity contribution in [3.63, 3.8) is 0 Å². The highest BCUT2D eigenvalue weighted by Crippen LogP contribution is 2.13. The summed E-state index contributed by atoms with van der Waals surface area (Å²) < 4.78 is 12.7. The van der Waals surface area contributed by atoms with Gasteiger partial charge in [0.15, 0.2) is 5.78 Å². The molecule has 0 saturated carbocycles. The molecule has 2 aromatic rings. The van der Waals surface area contributed by atoms with Gasteiger partial charge in [-0.25, -0.2) is 4.39 Å². The number of hydrogen-bond donors (Lipinski definition) is 0. The highest BCUT2D eigenvalue weighted by molar-refractivity contribution is 5.96. The van der Waals surface area contributed by atoms with Crippen LogP contribution in [0.4, 0.5) is 10.1 Å². The van der Waals surface area contributed by atoms with Gasteiger partial charge in [0.25, 0.3) is 5.69 Å². The Hall–Kier alpha value is -2.63. The first-order valence-electron chi connectivity index (χ1n) is 5.44. The number of rotatable bonds is 4. The molecular formula is C13H9FN2O3. The van der Waals surface area contributed by atoms with Gasteiger partial charge in [-0.1, -0.05) is 12.1 Å². The number of aromatic nitrogens is 1. The number of ketones is 1. The maximum Gasteiger partial charge on any atom is 0.273 e. The van der Waals surface area contributed by atoms with E-state index in [0.29, 0.717) is 5.56 Å². The van der Waals surface area contributed by atoms with Gasteiger partial charge in [-0.2, -0.15) is 0 Å². The minimum Gasteiger partial charge on any atom is -0.292 e. The topological polar surface area (TPSA) is 73.1 Å². The lowest BCUT2D eigenvalue weighted by Crippen LogP contribution is -2.06. The molecule has 0 aliphatic heterocycles. The number of carbonyl (C=O) groups excluding carboxylic acids is 1. The number of benzene rings is 1. The van der Waals surface area contributed by atoms with E-state index in [1.807, 2.05) is 0 Å². The summed E-state index contributed by atoms with van der Waals surface area (Å²) in [5.41, 5.74) is 0.468. The standard InChI is InChI=1S/C13H9FN2O3/c14-10-3-1-9(2-4-10)7-13(17)12-8-11(16(18)19)5-6-15-12/h1-6,8H,7H2. The van der Waals surface area contributed by atoms with Crippen molar-refractivity contribution in [3.05, 3.63) is 69.8 Å². The van der Waals surface area contributed by atoms with E-state index in [2.05, 4.69) is 4.98 Å². The number of carbonyl (C=O) groups is 1. The van der Waals surface area contributed by atoms with Gasteiger partial charge in [0.1, 0.15) is 11.5 Å². The molecule has 0 spiro atoms. The van der Waals surface area contributed by atoms with E-state index in [4.69, 9.17) is 0 Å². The molecule has 0 bridgehead atoms. The fraction of sp³-hybridized carbons (Fsp3) is 0.0769. The predicted octanol–water partition coefficient (Wildman–Crippen LogP) is 2.55. The van der Waals surface area contributed by atoms with Crippen molar-refractivity contribution in [1.29, 1.82) is 0 Å². The molecule has 6 heteroatoms. The molecule has 1 heterocycles. The Morgan fingerprint density at radius 1 is 1.26 bits per heavy atom. The molecule has 2 rings (SSSR count). The van der Waals surface area contributed by atoms with Crippen LogP contribution in [0.15, 0.2) is 42.6 Å². The Morgan fingerprint density at radius 3 is 2.58 bits per heavy atom. The second-order valence-electron chi connectivity index (χ2n) is 3.88. The van der Waals surface area contributed by atoms with Crippen molar-refractivity contribution in [1.82, 2.24) is 4.98 Å². The van der Waals surface area contributed by atoms with E-state index >= 15 is 0 Å². The minimum atomic E-state index is -0.587. The Labute approximate surface area is 107 Å². The Kier molecular flexibility index (Phi) is 3.61. The molecule has 1 aromatic carbocycles. The highest BCUT2D eigenvalue weighted by atomic mass is 19.1. The molecule has 0 N–H and O–H groups in total. The summed E-state index contributed by atoms with van der Waals surface area (Å²) in [5, 5.41) is 10.6. The van der Waals surface area contributed by atoms with Crippen LogP contribution < -0.4 is 0 Å². The van der Waals surface area contributed by atoms with Crippen molar-refractivity contribution in [2.24, 2.45) is 0 Å². The molecule has 0 aliphatic rings. The first kappa shape index (κ1) is 12.8. The van der Waals surface area contributed by atoms with Gasteiger partial charge in [-0.15, -0.1) is 0 Å². The van der Waals surface area contributed by atoms with Crippen molar-refractivity contribution in [2.45, 2.75) is 6.42 Å². The summed E-state index contributed by atoms with van der Waals surface area (Å²) in [6.45, 7) is 0. The molecule has 0 aliphatic carbocycles. The number of Topliss-reactive ketones (excluding diaryl/α,β-unsaturated/α-hetero) is 1. The van der Waals surface area contributed by atoms with Crippen LogP contribution in [-0.4, -0.2) is 15.7 Å². The summed E-state index contributed by atoms with van der Waals surface area (Å²) in [6.07, 6.45) is 1.24. The van der Waals surface area contributed by atoms with Gasteiger partial charge in [0.05, 0.1) is 4.92 Å². The van der Waals surface area contributed by atoms with E-state index in [-0.39, 0.29) is 29.4 Å². The number of nitrogens with zero attached hydrogens (tertiary/aromatic N) is 2. The molecule has 1 aromatic heterocycles. The first-order valence-corrected chi connectivity index (χ1v) is 5.44. The van der Waals surface area contributed by atoms with Gasteiger partial charge >= 0.3 is 0 Å². The molecule has 0 saturated heterocycles. The van der Waals surface area contributed by atoms with Crippen molar-refractivity contribution in [3.8, 4) is 0 Å².